The summed E-state index contributed by atoms with van der Waals surface area (Å²) in [6.45, 7) is 4.35. The minimum Gasteiger partial charge on any atom is -0.373 e. The van der Waals surface area contributed by atoms with Crippen molar-refractivity contribution in [3.05, 3.63) is 23.9 Å². The Labute approximate surface area is 104 Å². The molecule has 2 rings (SSSR count). The lowest BCUT2D eigenvalue weighted by atomic mass is 10.2. The third-order valence-corrected chi connectivity index (χ3v) is 3.68. The summed E-state index contributed by atoms with van der Waals surface area (Å²) in [4.78, 5) is 7.16. The van der Waals surface area contributed by atoms with E-state index in [-0.39, 0.29) is 0 Å². The van der Waals surface area contributed by atoms with E-state index in [0.717, 1.165) is 24.9 Å². The molecule has 3 nitrogen and oxygen atoms in total. The maximum Gasteiger partial charge on any atom is 0.126 e. The van der Waals surface area contributed by atoms with Gasteiger partial charge in [-0.15, -0.1) is 0 Å². The van der Waals surface area contributed by atoms with Gasteiger partial charge in [0.25, 0.3) is 0 Å². The molecule has 1 aromatic rings. The molecule has 3 heteroatoms. The second-order valence-electron chi connectivity index (χ2n) is 4.77. The SMILES string of the molecule is CCN(Cc1cccc(NC)n1)C1CCCC1. The first-order valence-corrected chi connectivity index (χ1v) is 6.71. The summed E-state index contributed by atoms with van der Waals surface area (Å²) in [6, 6.07) is 6.99. The van der Waals surface area contributed by atoms with E-state index in [1.54, 1.807) is 0 Å². The molecule has 0 amide bonds. The molecule has 0 aliphatic heterocycles. The smallest absolute Gasteiger partial charge is 0.126 e. The Morgan fingerprint density at radius 2 is 2.12 bits per heavy atom. The molecular weight excluding hydrogens is 210 g/mol. The molecule has 0 atom stereocenters. The van der Waals surface area contributed by atoms with Crippen LogP contribution >= 0.6 is 0 Å². The van der Waals surface area contributed by atoms with Gasteiger partial charge in [-0.2, -0.15) is 0 Å². The van der Waals surface area contributed by atoms with Gasteiger partial charge in [0, 0.05) is 19.6 Å². The van der Waals surface area contributed by atoms with E-state index in [4.69, 9.17) is 0 Å². The van der Waals surface area contributed by atoms with Crippen LogP contribution in [0.2, 0.25) is 0 Å². The molecule has 1 aliphatic carbocycles. The molecule has 17 heavy (non-hydrogen) atoms. The second-order valence-corrected chi connectivity index (χ2v) is 4.77. The van der Waals surface area contributed by atoms with Gasteiger partial charge in [0.15, 0.2) is 0 Å². The van der Waals surface area contributed by atoms with Gasteiger partial charge in [0.05, 0.1) is 5.69 Å². The molecule has 1 heterocycles. The number of hydrogen-bond donors (Lipinski definition) is 1. The molecule has 1 fully saturated rings. The minimum absolute atomic E-state index is 0.778. The fourth-order valence-electron chi connectivity index (χ4n) is 2.68. The molecule has 0 unspecified atom stereocenters. The Morgan fingerprint density at radius 3 is 2.76 bits per heavy atom. The van der Waals surface area contributed by atoms with Crippen molar-refractivity contribution in [2.45, 2.75) is 45.2 Å². The monoisotopic (exact) mass is 233 g/mol. The first kappa shape index (κ1) is 12.4. The van der Waals surface area contributed by atoms with Crippen LogP contribution in [0.1, 0.15) is 38.3 Å². The van der Waals surface area contributed by atoms with Gasteiger partial charge in [-0.25, -0.2) is 4.98 Å². The van der Waals surface area contributed by atoms with Crippen molar-refractivity contribution in [1.82, 2.24) is 9.88 Å². The predicted molar refractivity (Wildman–Crippen MR) is 72.1 cm³/mol. The zero-order valence-electron chi connectivity index (χ0n) is 10.9. The van der Waals surface area contributed by atoms with Gasteiger partial charge in [0.2, 0.25) is 0 Å². The molecule has 1 aromatic heterocycles. The molecular formula is C14H23N3. The number of aromatic nitrogens is 1. The van der Waals surface area contributed by atoms with Crippen LogP contribution in [-0.4, -0.2) is 29.5 Å². The summed E-state index contributed by atoms with van der Waals surface area (Å²) in [5.41, 5.74) is 1.17. The molecule has 0 spiro atoms. The number of nitrogens with one attached hydrogen (secondary N) is 1. The van der Waals surface area contributed by atoms with Crippen molar-refractivity contribution in [2.24, 2.45) is 0 Å². The lowest BCUT2D eigenvalue weighted by Crippen LogP contribution is -2.32. The first-order chi connectivity index (χ1) is 8.33. The van der Waals surface area contributed by atoms with Gasteiger partial charge < -0.3 is 5.32 Å². The van der Waals surface area contributed by atoms with E-state index in [1.165, 1.54) is 31.4 Å². The highest BCUT2D eigenvalue weighted by atomic mass is 15.2. The maximum atomic E-state index is 4.60. The van der Waals surface area contributed by atoms with Crippen molar-refractivity contribution in [3.8, 4) is 0 Å². The Hall–Kier alpha value is -1.09. The number of nitrogens with zero attached hydrogens (tertiary/aromatic N) is 2. The third-order valence-electron chi connectivity index (χ3n) is 3.68. The number of rotatable bonds is 5. The Morgan fingerprint density at radius 1 is 1.35 bits per heavy atom. The number of pyridine rings is 1. The zero-order chi connectivity index (χ0) is 12.1. The number of anilines is 1. The highest BCUT2D eigenvalue weighted by Gasteiger charge is 2.21. The highest BCUT2D eigenvalue weighted by molar-refractivity contribution is 5.34. The Bertz CT molecular complexity index is 345. The molecule has 1 saturated carbocycles. The predicted octanol–water partition coefficient (Wildman–Crippen LogP) is 2.89. The summed E-state index contributed by atoms with van der Waals surface area (Å²) in [5, 5.41) is 3.10. The van der Waals surface area contributed by atoms with E-state index >= 15 is 0 Å². The van der Waals surface area contributed by atoms with Crippen LogP contribution in [0.15, 0.2) is 18.2 Å². The quantitative estimate of drug-likeness (QED) is 0.847. The van der Waals surface area contributed by atoms with Crippen LogP contribution < -0.4 is 5.32 Å². The fraction of sp³-hybridized carbons (Fsp3) is 0.643. The van der Waals surface area contributed by atoms with Crippen LogP contribution in [-0.2, 0) is 6.54 Å². The second kappa shape index (κ2) is 6.01. The van der Waals surface area contributed by atoms with Crippen molar-refractivity contribution in [3.63, 3.8) is 0 Å². The lowest BCUT2D eigenvalue weighted by Gasteiger charge is -2.27. The van der Waals surface area contributed by atoms with E-state index in [1.807, 2.05) is 13.1 Å². The minimum atomic E-state index is 0.778. The zero-order valence-corrected chi connectivity index (χ0v) is 10.9. The average molecular weight is 233 g/mol. The maximum absolute atomic E-state index is 4.60. The Balaban J connectivity index is 2.01. The van der Waals surface area contributed by atoms with Crippen LogP contribution in [0.3, 0.4) is 0 Å². The van der Waals surface area contributed by atoms with Crippen molar-refractivity contribution < 1.29 is 0 Å². The molecule has 94 valence electrons. The normalized spacial score (nSPS) is 16.6. The fourth-order valence-corrected chi connectivity index (χ4v) is 2.68. The summed E-state index contributed by atoms with van der Waals surface area (Å²) in [5.74, 6) is 0.963. The summed E-state index contributed by atoms with van der Waals surface area (Å²) in [6.07, 6.45) is 5.51. The molecule has 1 N–H and O–H groups in total. The van der Waals surface area contributed by atoms with Crippen molar-refractivity contribution in [2.75, 3.05) is 18.9 Å². The van der Waals surface area contributed by atoms with E-state index in [9.17, 15) is 0 Å². The number of hydrogen-bond acceptors (Lipinski definition) is 3. The summed E-state index contributed by atoms with van der Waals surface area (Å²) in [7, 11) is 1.92. The van der Waals surface area contributed by atoms with E-state index < -0.39 is 0 Å². The summed E-state index contributed by atoms with van der Waals surface area (Å²) < 4.78 is 0. The highest BCUT2D eigenvalue weighted by Crippen LogP contribution is 2.24. The standard InChI is InChI=1S/C14H23N3/c1-3-17(13-8-4-5-9-13)11-12-7-6-10-14(15-2)16-12/h6-7,10,13H,3-5,8-9,11H2,1-2H3,(H,15,16). The first-order valence-electron chi connectivity index (χ1n) is 6.71. The van der Waals surface area contributed by atoms with Gasteiger partial charge in [-0.05, 0) is 31.5 Å². The van der Waals surface area contributed by atoms with Gasteiger partial charge in [-0.1, -0.05) is 25.8 Å². The van der Waals surface area contributed by atoms with Gasteiger partial charge >= 0.3 is 0 Å². The van der Waals surface area contributed by atoms with Gasteiger partial charge in [0.1, 0.15) is 5.82 Å². The largest absolute Gasteiger partial charge is 0.373 e. The van der Waals surface area contributed by atoms with Gasteiger partial charge in [-0.3, -0.25) is 4.90 Å². The van der Waals surface area contributed by atoms with Crippen LogP contribution in [0.5, 0.6) is 0 Å². The summed E-state index contributed by atoms with van der Waals surface area (Å²) >= 11 is 0. The third kappa shape index (κ3) is 3.19. The average Bonchev–Trinajstić information content (AvgIpc) is 2.90. The van der Waals surface area contributed by atoms with E-state index in [2.05, 4.69) is 34.3 Å². The molecule has 0 radical (unpaired) electrons. The van der Waals surface area contributed by atoms with E-state index in [0.29, 0.717) is 0 Å². The molecule has 0 aromatic carbocycles. The molecule has 1 aliphatic rings. The van der Waals surface area contributed by atoms with Crippen LogP contribution in [0.25, 0.3) is 0 Å². The molecule has 0 bridgehead atoms. The van der Waals surface area contributed by atoms with Crippen molar-refractivity contribution in [1.29, 1.82) is 0 Å². The van der Waals surface area contributed by atoms with Crippen molar-refractivity contribution >= 4 is 5.82 Å². The lowest BCUT2D eigenvalue weighted by molar-refractivity contribution is 0.198. The topological polar surface area (TPSA) is 28.2 Å². The van der Waals surface area contributed by atoms with Crippen LogP contribution in [0, 0.1) is 0 Å². The molecule has 0 saturated heterocycles. The Kier molecular flexibility index (Phi) is 4.37. The van der Waals surface area contributed by atoms with Crippen LogP contribution in [0.4, 0.5) is 5.82 Å².